The molecule has 144 valence electrons. The lowest BCUT2D eigenvalue weighted by atomic mass is 10.2. The van der Waals surface area contributed by atoms with Crippen LogP contribution < -0.4 is 10.1 Å². The van der Waals surface area contributed by atoms with E-state index < -0.39 is 10.8 Å². The van der Waals surface area contributed by atoms with Crippen LogP contribution in [0.5, 0.6) is 11.5 Å². The van der Waals surface area contributed by atoms with E-state index in [2.05, 4.69) is 10.4 Å². The van der Waals surface area contributed by atoms with Gasteiger partial charge < -0.3 is 10.1 Å². The molecule has 0 radical (unpaired) electrons. The molecule has 1 aromatic heterocycles. The minimum absolute atomic E-state index is 0.0216. The summed E-state index contributed by atoms with van der Waals surface area (Å²) in [6.45, 7) is 1.72. The lowest BCUT2D eigenvalue weighted by molar-refractivity contribution is -0.384. The number of nitro groups is 1. The summed E-state index contributed by atoms with van der Waals surface area (Å²) in [5, 5.41) is 18.6. The van der Waals surface area contributed by atoms with E-state index in [4.69, 9.17) is 27.9 Å². The van der Waals surface area contributed by atoms with E-state index >= 15 is 0 Å². The molecule has 3 aromatic rings. The van der Waals surface area contributed by atoms with Crippen molar-refractivity contribution in [2.24, 2.45) is 7.05 Å². The molecule has 1 amide bonds. The number of benzene rings is 2. The molecule has 0 saturated carbocycles. The number of ether oxygens (including phenoxy) is 1. The Kier molecular flexibility index (Phi) is 5.53. The maximum atomic E-state index is 12.5. The highest BCUT2D eigenvalue weighted by molar-refractivity contribution is 6.34. The van der Waals surface area contributed by atoms with E-state index in [9.17, 15) is 14.9 Å². The smallest absolute Gasteiger partial charge is 0.277 e. The van der Waals surface area contributed by atoms with E-state index in [1.54, 1.807) is 38.2 Å². The van der Waals surface area contributed by atoms with Gasteiger partial charge in [0.1, 0.15) is 11.5 Å². The molecule has 0 aliphatic carbocycles. The summed E-state index contributed by atoms with van der Waals surface area (Å²) >= 11 is 12.0. The molecule has 0 saturated heterocycles. The van der Waals surface area contributed by atoms with E-state index in [0.29, 0.717) is 16.5 Å². The second-order valence-electron chi connectivity index (χ2n) is 5.85. The second-order valence-corrected chi connectivity index (χ2v) is 6.67. The highest BCUT2D eigenvalue weighted by Gasteiger charge is 2.20. The zero-order valence-corrected chi connectivity index (χ0v) is 16.3. The third-order valence-electron chi connectivity index (χ3n) is 3.89. The summed E-state index contributed by atoms with van der Waals surface area (Å²) in [5.41, 5.74) is 0.568. The van der Waals surface area contributed by atoms with Crippen molar-refractivity contribution in [1.29, 1.82) is 0 Å². The largest absolute Gasteiger partial charge is 0.457 e. The predicted octanol–water partition coefficient (Wildman–Crippen LogP) is 4.99. The number of nitrogens with zero attached hydrogens (tertiary/aromatic N) is 3. The standard InChI is InChI=1S/C18H14Cl2N4O4/c1-10-16(20)17(22-23(10)2)18(25)21-12-7-13(24(26)27)9-15(8-12)28-14-5-3-11(19)4-6-14/h3-9H,1-2H3,(H,21,25). The van der Waals surface area contributed by atoms with Crippen LogP contribution in [0.25, 0.3) is 0 Å². The van der Waals surface area contributed by atoms with Crippen molar-refractivity contribution in [1.82, 2.24) is 9.78 Å². The molecule has 10 heteroatoms. The molecular weight excluding hydrogens is 407 g/mol. The van der Waals surface area contributed by atoms with Gasteiger partial charge in [0, 0.05) is 24.2 Å². The van der Waals surface area contributed by atoms with Gasteiger partial charge in [-0.25, -0.2) is 0 Å². The van der Waals surface area contributed by atoms with Crippen molar-refractivity contribution in [2.75, 3.05) is 5.32 Å². The summed E-state index contributed by atoms with van der Waals surface area (Å²) in [7, 11) is 1.66. The fourth-order valence-corrected chi connectivity index (χ4v) is 2.75. The van der Waals surface area contributed by atoms with Gasteiger partial charge in [-0.3, -0.25) is 19.6 Å². The Morgan fingerprint density at radius 3 is 2.43 bits per heavy atom. The third-order valence-corrected chi connectivity index (χ3v) is 4.59. The second kappa shape index (κ2) is 7.87. The molecule has 0 spiro atoms. The fourth-order valence-electron chi connectivity index (χ4n) is 2.38. The number of nitrogens with one attached hydrogen (secondary N) is 1. The van der Waals surface area contributed by atoms with Crippen molar-refractivity contribution in [2.45, 2.75) is 6.92 Å². The van der Waals surface area contributed by atoms with E-state index in [0.717, 1.165) is 0 Å². The number of rotatable bonds is 5. The first kappa shape index (κ1) is 19.7. The lowest BCUT2D eigenvalue weighted by Gasteiger charge is -2.09. The zero-order chi connectivity index (χ0) is 20.4. The normalized spacial score (nSPS) is 10.6. The Morgan fingerprint density at radius 1 is 1.18 bits per heavy atom. The van der Waals surface area contributed by atoms with Crippen LogP contribution in [0.1, 0.15) is 16.2 Å². The number of aryl methyl sites for hydroxylation is 1. The first-order chi connectivity index (χ1) is 13.2. The van der Waals surface area contributed by atoms with Gasteiger partial charge in [0.2, 0.25) is 0 Å². The third kappa shape index (κ3) is 4.24. The Hall–Kier alpha value is -3.10. The quantitative estimate of drug-likeness (QED) is 0.462. The van der Waals surface area contributed by atoms with E-state index in [1.807, 2.05) is 0 Å². The molecule has 0 unspecified atom stereocenters. The molecule has 0 fully saturated rings. The van der Waals surface area contributed by atoms with Crippen LogP contribution in [-0.2, 0) is 7.05 Å². The van der Waals surface area contributed by atoms with E-state index in [-0.39, 0.29) is 27.8 Å². The van der Waals surface area contributed by atoms with Crippen molar-refractivity contribution in [3.05, 3.63) is 74.0 Å². The molecule has 0 aliphatic heterocycles. The zero-order valence-electron chi connectivity index (χ0n) is 14.8. The Balaban J connectivity index is 1.90. The van der Waals surface area contributed by atoms with Gasteiger partial charge in [0.05, 0.1) is 27.4 Å². The molecule has 0 aliphatic rings. The molecule has 1 N–H and O–H groups in total. The molecule has 0 atom stereocenters. The van der Waals surface area contributed by atoms with Crippen molar-refractivity contribution >= 4 is 40.5 Å². The van der Waals surface area contributed by atoms with E-state index in [1.165, 1.54) is 22.9 Å². The number of halogens is 2. The van der Waals surface area contributed by atoms with Crippen molar-refractivity contribution in [3.8, 4) is 11.5 Å². The fraction of sp³-hybridized carbons (Fsp3) is 0.111. The average molecular weight is 421 g/mol. The summed E-state index contributed by atoms with van der Waals surface area (Å²) in [6.07, 6.45) is 0. The van der Waals surface area contributed by atoms with Crippen LogP contribution >= 0.6 is 23.2 Å². The molecular formula is C18H14Cl2N4O4. The van der Waals surface area contributed by atoms with Crippen LogP contribution in [0.3, 0.4) is 0 Å². The van der Waals surface area contributed by atoms with Crippen LogP contribution in [-0.4, -0.2) is 20.6 Å². The Labute approximate surface area is 169 Å². The number of carbonyl (C=O) groups excluding carboxylic acids is 1. The number of nitro benzene ring substituents is 1. The predicted molar refractivity (Wildman–Crippen MR) is 106 cm³/mol. The molecule has 8 nitrogen and oxygen atoms in total. The number of amides is 1. The van der Waals surface area contributed by atoms with Crippen LogP contribution in [0.2, 0.25) is 10.0 Å². The summed E-state index contributed by atoms with van der Waals surface area (Å²) in [4.78, 5) is 23.2. The van der Waals surface area contributed by atoms with Gasteiger partial charge in [-0.1, -0.05) is 23.2 Å². The molecule has 3 rings (SSSR count). The number of non-ortho nitro benzene ring substituents is 1. The SMILES string of the molecule is Cc1c(Cl)c(C(=O)Nc2cc(Oc3ccc(Cl)cc3)cc([N+](=O)[O-])c2)nn1C. The highest BCUT2D eigenvalue weighted by Crippen LogP contribution is 2.31. The van der Waals surface area contributed by atoms with Crippen molar-refractivity contribution in [3.63, 3.8) is 0 Å². The maximum absolute atomic E-state index is 12.5. The maximum Gasteiger partial charge on any atom is 0.277 e. The average Bonchev–Trinajstić information content (AvgIpc) is 2.91. The number of carbonyl (C=O) groups is 1. The summed E-state index contributed by atoms with van der Waals surface area (Å²) in [6, 6.07) is 10.4. The minimum Gasteiger partial charge on any atom is -0.457 e. The van der Waals surface area contributed by atoms with Crippen molar-refractivity contribution < 1.29 is 14.5 Å². The Morgan fingerprint density at radius 2 is 1.86 bits per heavy atom. The molecule has 0 bridgehead atoms. The van der Waals surface area contributed by atoms with Gasteiger partial charge in [-0.05, 0) is 31.2 Å². The number of hydrogen-bond donors (Lipinski definition) is 1. The molecule has 1 heterocycles. The Bertz CT molecular complexity index is 1060. The van der Waals surface area contributed by atoms with Crippen LogP contribution in [0.4, 0.5) is 11.4 Å². The van der Waals surface area contributed by atoms with Gasteiger partial charge >= 0.3 is 0 Å². The first-order valence-electron chi connectivity index (χ1n) is 7.98. The number of hydrogen-bond acceptors (Lipinski definition) is 5. The number of anilines is 1. The minimum atomic E-state index is -0.591. The highest BCUT2D eigenvalue weighted by atomic mass is 35.5. The molecule has 2 aromatic carbocycles. The van der Waals surface area contributed by atoms with Crippen LogP contribution in [0, 0.1) is 17.0 Å². The van der Waals surface area contributed by atoms with Gasteiger partial charge in [-0.2, -0.15) is 5.10 Å². The monoisotopic (exact) mass is 420 g/mol. The summed E-state index contributed by atoms with van der Waals surface area (Å²) < 4.78 is 7.11. The molecule has 28 heavy (non-hydrogen) atoms. The topological polar surface area (TPSA) is 99.3 Å². The lowest BCUT2D eigenvalue weighted by Crippen LogP contribution is -2.13. The summed E-state index contributed by atoms with van der Waals surface area (Å²) in [5.74, 6) is 0.0207. The van der Waals surface area contributed by atoms with Gasteiger partial charge in [0.15, 0.2) is 5.69 Å². The first-order valence-corrected chi connectivity index (χ1v) is 8.73. The van der Waals surface area contributed by atoms with Gasteiger partial charge in [-0.15, -0.1) is 0 Å². The number of aromatic nitrogens is 2. The van der Waals surface area contributed by atoms with Crippen LogP contribution in [0.15, 0.2) is 42.5 Å². The van der Waals surface area contributed by atoms with Gasteiger partial charge in [0.25, 0.3) is 11.6 Å².